The van der Waals surface area contributed by atoms with Crippen LogP contribution >= 0.6 is 0 Å². The van der Waals surface area contributed by atoms with Gasteiger partial charge in [-0.3, -0.25) is 4.99 Å². The quantitative estimate of drug-likeness (QED) is 0.619. The maximum absolute atomic E-state index is 9.10. The predicted molar refractivity (Wildman–Crippen MR) is 82.0 cm³/mol. The van der Waals surface area contributed by atoms with E-state index in [9.17, 15) is 0 Å². The minimum atomic E-state index is -1.35. The zero-order valence-electron chi connectivity index (χ0n) is 11.9. The average Bonchev–Trinajstić information content (AvgIpc) is 2.29. The van der Waals surface area contributed by atoms with Gasteiger partial charge in [0.15, 0.2) is 0 Å². The summed E-state index contributed by atoms with van der Waals surface area (Å²) in [4.78, 5) is 4.81. The minimum Gasteiger partial charge on any atom is -0.396 e. The Labute approximate surface area is 112 Å². The number of aliphatic hydroxyl groups excluding tert-OH is 1. The molecule has 0 radical (unpaired) electrons. The lowest BCUT2D eigenvalue weighted by atomic mass is 10.1. The Balaban J connectivity index is 2.82. The first-order chi connectivity index (χ1) is 8.45. The number of rotatable bonds is 6. The molecular formula is C15H25NOSi. The predicted octanol–water partition coefficient (Wildman–Crippen LogP) is 3.37. The third-order valence-electron chi connectivity index (χ3n) is 3.19. The monoisotopic (exact) mass is 263 g/mol. The first-order valence-corrected chi connectivity index (χ1v) is 10.2. The fourth-order valence-corrected chi connectivity index (χ4v) is 4.69. The van der Waals surface area contributed by atoms with E-state index in [0.29, 0.717) is 11.6 Å². The molecule has 0 amide bonds. The normalized spacial score (nSPS) is 15.8. The van der Waals surface area contributed by atoms with Gasteiger partial charge in [0.05, 0.1) is 8.07 Å². The number of nitrogens with zero attached hydrogens (tertiary/aromatic N) is 1. The fraction of sp³-hybridized carbons (Fsp3) is 0.533. The molecular weight excluding hydrogens is 238 g/mol. The summed E-state index contributed by atoms with van der Waals surface area (Å²) in [5, 5.41) is 9.10. The Hall–Kier alpha value is -0.933. The van der Waals surface area contributed by atoms with E-state index < -0.39 is 8.07 Å². The van der Waals surface area contributed by atoms with Crippen LogP contribution in [0.2, 0.25) is 19.6 Å². The van der Waals surface area contributed by atoms with E-state index in [0.717, 1.165) is 12.0 Å². The third-order valence-corrected chi connectivity index (χ3v) is 5.69. The molecule has 1 rings (SSSR count). The standard InChI is InChI=1S/C15H25NOSi/c1-13(10-11-17)15(18(2,3)4)16-12-14-8-6-5-7-9-14/h5-9,12-13,15,17H,10-11H2,1-4H3/t13-,15?/m0/s1. The topological polar surface area (TPSA) is 32.6 Å². The molecule has 1 aromatic carbocycles. The highest BCUT2D eigenvalue weighted by molar-refractivity contribution is 6.77. The molecule has 0 fully saturated rings. The van der Waals surface area contributed by atoms with Crippen molar-refractivity contribution in [2.45, 2.75) is 38.7 Å². The summed E-state index contributed by atoms with van der Waals surface area (Å²) in [6.07, 6.45) is 2.82. The highest BCUT2D eigenvalue weighted by Crippen LogP contribution is 2.22. The van der Waals surface area contributed by atoms with Crippen LogP contribution in [0.4, 0.5) is 0 Å². The van der Waals surface area contributed by atoms with Crippen LogP contribution in [0.25, 0.3) is 0 Å². The van der Waals surface area contributed by atoms with E-state index in [1.54, 1.807) is 0 Å². The molecule has 100 valence electrons. The largest absolute Gasteiger partial charge is 0.396 e. The van der Waals surface area contributed by atoms with Crippen molar-refractivity contribution in [2.75, 3.05) is 6.61 Å². The van der Waals surface area contributed by atoms with Gasteiger partial charge in [0, 0.05) is 18.5 Å². The van der Waals surface area contributed by atoms with Crippen molar-refractivity contribution in [2.24, 2.45) is 10.9 Å². The van der Waals surface area contributed by atoms with Gasteiger partial charge in [-0.1, -0.05) is 56.9 Å². The summed E-state index contributed by atoms with van der Waals surface area (Å²) in [6, 6.07) is 10.2. The van der Waals surface area contributed by atoms with Gasteiger partial charge < -0.3 is 5.11 Å². The van der Waals surface area contributed by atoms with Crippen LogP contribution in [0.1, 0.15) is 18.9 Å². The molecule has 1 unspecified atom stereocenters. The number of benzene rings is 1. The van der Waals surface area contributed by atoms with Gasteiger partial charge in [0.1, 0.15) is 0 Å². The highest BCUT2D eigenvalue weighted by atomic mass is 28.3. The van der Waals surface area contributed by atoms with Crippen molar-refractivity contribution in [3.63, 3.8) is 0 Å². The van der Waals surface area contributed by atoms with E-state index >= 15 is 0 Å². The zero-order chi connectivity index (χ0) is 13.6. The Morgan fingerprint density at radius 1 is 1.22 bits per heavy atom. The van der Waals surface area contributed by atoms with Gasteiger partial charge in [-0.05, 0) is 17.9 Å². The van der Waals surface area contributed by atoms with E-state index in [-0.39, 0.29) is 6.61 Å². The third kappa shape index (κ3) is 4.74. The number of hydrogen-bond acceptors (Lipinski definition) is 2. The van der Waals surface area contributed by atoms with Crippen LogP contribution in [0.3, 0.4) is 0 Å². The molecule has 0 aromatic heterocycles. The van der Waals surface area contributed by atoms with Gasteiger partial charge in [-0.15, -0.1) is 0 Å². The molecule has 0 aliphatic carbocycles. The summed E-state index contributed by atoms with van der Waals surface area (Å²) >= 11 is 0. The molecule has 0 saturated carbocycles. The van der Waals surface area contributed by atoms with Gasteiger partial charge in [-0.25, -0.2) is 0 Å². The molecule has 0 spiro atoms. The molecule has 3 heteroatoms. The van der Waals surface area contributed by atoms with Crippen LogP contribution < -0.4 is 0 Å². The second-order valence-electron chi connectivity index (χ2n) is 5.99. The van der Waals surface area contributed by atoms with Gasteiger partial charge in [0.2, 0.25) is 0 Å². The first kappa shape index (κ1) is 15.1. The highest BCUT2D eigenvalue weighted by Gasteiger charge is 2.30. The van der Waals surface area contributed by atoms with Crippen LogP contribution in [0, 0.1) is 5.92 Å². The molecule has 0 heterocycles. The van der Waals surface area contributed by atoms with E-state index in [1.807, 2.05) is 24.4 Å². The summed E-state index contributed by atoms with van der Waals surface area (Å²) in [5.41, 5.74) is 1.52. The summed E-state index contributed by atoms with van der Waals surface area (Å²) in [5.74, 6) is 0.446. The van der Waals surface area contributed by atoms with Gasteiger partial charge in [-0.2, -0.15) is 0 Å². The van der Waals surface area contributed by atoms with Crippen molar-refractivity contribution in [1.29, 1.82) is 0 Å². The van der Waals surface area contributed by atoms with E-state index in [1.165, 1.54) is 0 Å². The smallest absolute Gasteiger partial charge is 0.0735 e. The van der Waals surface area contributed by atoms with Crippen molar-refractivity contribution >= 4 is 14.3 Å². The molecule has 0 aliphatic heterocycles. The molecule has 2 nitrogen and oxygen atoms in total. The zero-order valence-corrected chi connectivity index (χ0v) is 12.9. The molecule has 1 aromatic rings. The fourth-order valence-electron chi connectivity index (χ4n) is 2.29. The first-order valence-electron chi connectivity index (χ1n) is 6.64. The Morgan fingerprint density at radius 3 is 2.33 bits per heavy atom. The molecule has 1 N–H and O–H groups in total. The van der Waals surface area contributed by atoms with Crippen molar-refractivity contribution in [3.05, 3.63) is 35.9 Å². The van der Waals surface area contributed by atoms with Crippen molar-refractivity contribution in [1.82, 2.24) is 0 Å². The van der Waals surface area contributed by atoms with E-state index in [4.69, 9.17) is 10.1 Å². The average molecular weight is 263 g/mol. The van der Waals surface area contributed by atoms with Crippen LogP contribution in [-0.4, -0.2) is 31.7 Å². The Kier molecular flexibility index (Phi) is 5.76. The Morgan fingerprint density at radius 2 is 1.83 bits per heavy atom. The molecule has 0 saturated heterocycles. The number of aliphatic imine (C=N–C) groups is 1. The van der Waals surface area contributed by atoms with Gasteiger partial charge >= 0.3 is 0 Å². The number of aliphatic hydroxyl groups is 1. The molecule has 0 aliphatic rings. The van der Waals surface area contributed by atoms with Crippen molar-refractivity contribution < 1.29 is 5.11 Å². The summed E-state index contributed by atoms with van der Waals surface area (Å²) in [6.45, 7) is 9.47. The minimum absolute atomic E-state index is 0.253. The maximum atomic E-state index is 9.10. The van der Waals surface area contributed by atoms with Gasteiger partial charge in [0.25, 0.3) is 0 Å². The molecule has 0 bridgehead atoms. The summed E-state index contributed by atoms with van der Waals surface area (Å²) < 4.78 is 0. The van der Waals surface area contributed by atoms with Crippen molar-refractivity contribution in [3.8, 4) is 0 Å². The van der Waals surface area contributed by atoms with Crippen LogP contribution in [0.5, 0.6) is 0 Å². The number of hydrogen-bond donors (Lipinski definition) is 1. The maximum Gasteiger partial charge on any atom is 0.0735 e. The van der Waals surface area contributed by atoms with Crippen LogP contribution in [-0.2, 0) is 0 Å². The molecule has 2 atom stereocenters. The van der Waals surface area contributed by atoms with Crippen LogP contribution in [0.15, 0.2) is 35.3 Å². The second kappa shape index (κ2) is 6.85. The second-order valence-corrected chi connectivity index (χ2v) is 11.3. The van der Waals surface area contributed by atoms with E-state index in [2.05, 4.69) is 38.7 Å². The SMILES string of the molecule is C[C@@H](CCO)C(N=Cc1ccccc1)[Si](C)(C)C. The Bertz CT molecular complexity index is 370. The lowest BCUT2D eigenvalue weighted by Crippen LogP contribution is -2.41. The lowest BCUT2D eigenvalue weighted by molar-refractivity contribution is 0.259. The summed E-state index contributed by atoms with van der Waals surface area (Å²) in [7, 11) is -1.35. The lowest BCUT2D eigenvalue weighted by Gasteiger charge is -2.30. The molecule has 18 heavy (non-hydrogen) atoms.